The number of esters is 1. The summed E-state index contributed by atoms with van der Waals surface area (Å²) < 4.78 is 15.1. The first-order valence-electron chi connectivity index (χ1n) is 8.18. The maximum absolute atomic E-state index is 12.3. The lowest BCUT2D eigenvalue weighted by Gasteiger charge is -2.10. The molecule has 1 aromatic carbocycles. The number of carbonyl (C=O) groups excluding carboxylic acids is 2. The van der Waals surface area contributed by atoms with Crippen LogP contribution in [0.2, 0.25) is 0 Å². The first-order valence-corrected chi connectivity index (χ1v) is 8.18. The van der Waals surface area contributed by atoms with Crippen molar-refractivity contribution < 1.29 is 23.8 Å². The van der Waals surface area contributed by atoms with Crippen molar-refractivity contribution in [1.29, 1.82) is 0 Å². The van der Waals surface area contributed by atoms with E-state index in [0.29, 0.717) is 37.3 Å². The number of rotatable bonds is 9. The average Bonchev–Trinajstić information content (AvgIpc) is 2.68. The standard InChI is InChI=1S/C19H22N2O5/c1-24-12-13-26-18-16(4-3-10-21-18)17(22)20-11-9-14-5-7-15(8-6-14)19(23)25-2/h3-8,10H,9,11-13H2,1-2H3,(H,20,22). The van der Waals surface area contributed by atoms with Gasteiger partial charge in [-0.1, -0.05) is 12.1 Å². The van der Waals surface area contributed by atoms with Crippen LogP contribution in [-0.4, -0.2) is 50.8 Å². The molecule has 2 rings (SSSR count). The van der Waals surface area contributed by atoms with E-state index in [1.807, 2.05) is 12.1 Å². The number of methoxy groups -OCH3 is 2. The second-order valence-corrected chi connectivity index (χ2v) is 5.39. The summed E-state index contributed by atoms with van der Waals surface area (Å²) in [4.78, 5) is 27.8. The predicted molar refractivity (Wildman–Crippen MR) is 95.4 cm³/mol. The van der Waals surface area contributed by atoms with Gasteiger partial charge in [0.15, 0.2) is 0 Å². The molecule has 0 aliphatic rings. The molecular formula is C19H22N2O5. The summed E-state index contributed by atoms with van der Waals surface area (Å²) in [6.07, 6.45) is 2.20. The Hall–Kier alpha value is -2.93. The van der Waals surface area contributed by atoms with Crippen LogP contribution in [0.1, 0.15) is 26.3 Å². The number of amides is 1. The lowest BCUT2D eigenvalue weighted by atomic mass is 10.1. The van der Waals surface area contributed by atoms with E-state index >= 15 is 0 Å². The van der Waals surface area contributed by atoms with Crippen molar-refractivity contribution in [2.24, 2.45) is 0 Å². The molecule has 1 aromatic heterocycles. The zero-order valence-corrected chi connectivity index (χ0v) is 14.9. The Morgan fingerprint density at radius 2 is 1.85 bits per heavy atom. The van der Waals surface area contributed by atoms with E-state index in [2.05, 4.69) is 15.0 Å². The maximum Gasteiger partial charge on any atom is 0.337 e. The predicted octanol–water partition coefficient (Wildman–Crippen LogP) is 1.87. The van der Waals surface area contributed by atoms with Gasteiger partial charge in [0.1, 0.15) is 12.2 Å². The van der Waals surface area contributed by atoms with E-state index in [1.165, 1.54) is 7.11 Å². The van der Waals surface area contributed by atoms with Crippen molar-refractivity contribution in [3.63, 3.8) is 0 Å². The third kappa shape index (κ3) is 5.56. The van der Waals surface area contributed by atoms with Gasteiger partial charge in [0.05, 0.1) is 19.3 Å². The van der Waals surface area contributed by atoms with Crippen LogP contribution >= 0.6 is 0 Å². The van der Waals surface area contributed by atoms with Gasteiger partial charge in [-0.2, -0.15) is 0 Å². The quantitative estimate of drug-likeness (QED) is 0.544. The summed E-state index contributed by atoms with van der Waals surface area (Å²) in [6, 6.07) is 10.4. The Bertz CT molecular complexity index is 731. The first kappa shape index (κ1) is 19.4. The molecular weight excluding hydrogens is 336 g/mol. The van der Waals surface area contributed by atoms with E-state index in [-0.39, 0.29) is 17.8 Å². The monoisotopic (exact) mass is 358 g/mol. The molecule has 0 aliphatic carbocycles. The van der Waals surface area contributed by atoms with E-state index < -0.39 is 0 Å². The fourth-order valence-corrected chi connectivity index (χ4v) is 2.24. The van der Waals surface area contributed by atoms with Crippen LogP contribution in [0.25, 0.3) is 0 Å². The lowest BCUT2D eigenvalue weighted by Crippen LogP contribution is -2.26. The Labute approximate surface area is 152 Å². The fourth-order valence-electron chi connectivity index (χ4n) is 2.24. The molecule has 7 nitrogen and oxygen atoms in total. The molecule has 26 heavy (non-hydrogen) atoms. The van der Waals surface area contributed by atoms with E-state index in [4.69, 9.17) is 9.47 Å². The van der Waals surface area contributed by atoms with Crippen molar-refractivity contribution in [1.82, 2.24) is 10.3 Å². The van der Waals surface area contributed by atoms with Crippen molar-refractivity contribution in [3.05, 3.63) is 59.3 Å². The van der Waals surface area contributed by atoms with Gasteiger partial charge in [-0.05, 0) is 36.2 Å². The Balaban J connectivity index is 1.88. The van der Waals surface area contributed by atoms with Crippen LogP contribution in [0.3, 0.4) is 0 Å². The number of benzene rings is 1. The normalized spacial score (nSPS) is 10.2. The van der Waals surface area contributed by atoms with Gasteiger partial charge >= 0.3 is 5.97 Å². The third-order valence-electron chi connectivity index (χ3n) is 3.62. The topological polar surface area (TPSA) is 86.8 Å². The molecule has 0 radical (unpaired) electrons. The van der Waals surface area contributed by atoms with Crippen LogP contribution in [0.15, 0.2) is 42.6 Å². The zero-order valence-electron chi connectivity index (χ0n) is 14.9. The number of ether oxygens (including phenoxy) is 3. The molecule has 0 unspecified atom stereocenters. The third-order valence-corrected chi connectivity index (χ3v) is 3.62. The molecule has 0 saturated heterocycles. The highest BCUT2D eigenvalue weighted by molar-refractivity contribution is 5.96. The van der Waals surface area contributed by atoms with Gasteiger partial charge in [0, 0.05) is 19.9 Å². The molecule has 2 aromatic rings. The highest BCUT2D eigenvalue weighted by Crippen LogP contribution is 2.14. The molecule has 1 N–H and O–H groups in total. The van der Waals surface area contributed by atoms with Crippen molar-refractivity contribution in [2.75, 3.05) is 34.0 Å². The molecule has 138 valence electrons. The zero-order chi connectivity index (χ0) is 18.8. The van der Waals surface area contributed by atoms with Gasteiger partial charge in [0.2, 0.25) is 5.88 Å². The molecule has 0 aliphatic heterocycles. The van der Waals surface area contributed by atoms with Gasteiger partial charge in [0.25, 0.3) is 5.91 Å². The van der Waals surface area contributed by atoms with Crippen molar-refractivity contribution >= 4 is 11.9 Å². The van der Waals surface area contributed by atoms with Crippen LogP contribution < -0.4 is 10.1 Å². The van der Waals surface area contributed by atoms with Crippen LogP contribution in [-0.2, 0) is 15.9 Å². The van der Waals surface area contributed by atoms with E-state index in [0.717, 1.165) is 5.56 Å². The molecule has 0 spiro atoms. The summed E-state index contributed by atoms with van der Waals surface area (Å²) in [5.74, 6) is -0.344. The number of hydrogen-bond donors (Lipinski definition) is 1. The number of nitrogens with zero attached hydrogens (tertiary/aromatic N) is 1. The summed E-state index contributed by atoms with van der Waals surface area (Å²) in [5.41, 5.74) is 1.87. The number of carbonyl (C=O) groups is 2. The fraction of sp³-hybridized carbons (Fsp3) is 0.316. The minimum absolute atomic E-state index is 0.253. The highest BCUT2D eigenvalue weighted by Gasteiger charge is 2.13. The van der Waals surface area contributed by atoms with Crippen LogP contribution in [0, 0.1) is 0 Å². The van der Waals surface area contributed by atoms with Crippen molar-refractivity contribution in [3.8, 4) is 5.88 Å². The van der Waals surface area contributed by atoms with Crippen LogP contribution in [0.5, 0.6) is 5.88 Å². The Morgan fingerprint density at radius 1 is 1.08 bits per heavy atom. The second kappa shape index (κ2) is 10.1. The van der Waals surface area contributed by atoms with Crippen molar-refractivity contribution in [2.45, 2.75) is 6.42 Å². The maximum atomic E-state index is 12.3. The van der Waals surface area contributed by atoms with Gasteiger partial charge < -0.3 is 19.5 Å². The van der Waals surface area contributed by atoms with E-state index in [1.54, 1.807) is 37.6 Å². The molecule has 0 atom stereocenters. The van der Waals surface area contributed by atoms with Gasteiger partial charge in [-0.25, -0.2) is 9.78 Å². The van der Waals surface area contributed by atoms with Gasteiger partial charge in [-0.15, -0.1) is 0 Å². The van der Waals surface area contributed by atoms with E-state index in [9.17, 15) is 9.59 Å². The minimum atomic E-state index is -0.373. The SMILES string of the molecule is COCCOc1ncccc1C(=O)NCCc1ccc(C(=O)OC)cc1. The minimum Gasteiger partial charge on any atom is -0.475 e. The number of nitrogens with one attached hydrogen (secondary N) is 1. The molecule has 7 heteroatoms. The smallest absolute Gasteiger partial charge is 0.337 e. The lowest BCUT2D eigenvalue weighted by molar-refractivity contribution is 0.0600. The second-order valence-electron chi connectivity index (χ2n) is 5.39. The molecule has 1 heterocycles. The summed E-state index contributed by atoms with van der Waals surface area (Å²) >= 11 is 0. The highest BCUT2D eigenvalue weighted by atomic mass is 16.5. The van der Waals surface area contributed by atoms with Gasteiger partial charge in [-0.3, -0.25) is 4.79 Å². The molecule has 1 amide bonds. The van der Waals surface area contributed by atoms with Crippen LogP contribution in [0.4, 0.5) is 0 Å². The Kier molecular flexibility index (Phi) is 7.57. The number of hydrogen-bond acceptors (Lipinski definition) is 6. The number of aromatic nitrogens is 1. The molecule has 0 saturated carbocycles. The summed E-state index contributed by atoms with van der Waals surface area (Å²) in [6.45, 7) is 1.18. The first-order chi connectivity index (χ1) is 12.7. The summed E-state index contributed by atoms with van der Waals surface area (Å²) in [5, 5.41) is 2.84. The number of pyridine rings is 1. The average molecular weight is 358 g/mol. The molecule has 0 bridgehead atoms. The molecule has 0 fully saturated rings. The Morgan fingerprint density at radius 3 is 2.54 bits per heavy atom. The summed E-state index contributed by atoms with van der Waals surface area (Å²) in [7, 11) is 2.92. The largest absolute Gasteiger partial charge is 0.475 e.